The Morgan fingerprint density at radius 2 is 0.934 bits per heavy atom. The number of fused-ring (bicyclic) bond motifs is 12. The van der Waals surface area contributed by atoms with E-state index in [9.17, 15) is 0 Å². The Bertz CT molecular complexity index is 3530. The third kappa shape index (κ3) is 5.06. The zero-order valence-corrected chi connectivity index (χ0v) is 33.6. The SMILES string of the molecule is CN1C(c2ccccc2)NC(c2ccccc2)NC1c1ccc(-n2c3ccccc3c3cc4c(cc32)-c2ccccc2-n2c3ccccc3c3cccc-4c32)c2ccccc12. The molecule has 0 saturated carbocycles. The Balaban J connectivity index is 1.04. The smallest absolute Gasteiger partial charge is 0.0893 e. The van der Waals surface area contributed by atoms with Crippen LogP contribution in [-0.4, -0.2) is 21.1 Å². The molecule has 0 spiro atoms. The minimum absolute atomic E-state index is 0.00230. The quantitative estimate of drug-likeness (QED) is 0.187. The summed E-state index contributed by atoms with van der Waals surface area (Å²) in [6.07, 6.45) is -0.123. The molecule has 2 aliphatic rings. The number of benzene rings is 9. The lowest BCUT2D eigenvalue weighted by Crippen LogP contribution is -2.54. The Labute approximate surface area is 353 Å². The highest BCUT2D eigenvalue weighted by Crippen LogP contribution is 2.49. The van der Waals surface area contributed by atoms with Crippen LogP contribution in [0.25, 0.3) is 88.0 Å². The molecule has 2 aromatic heterocycles. The molecule has 3 unspecified atom stereocenters. The fraction of sp³-hybridized carbons (Fsp3) is 0.0714. The van der Waals surface area contributed by atoms with Crippen molar-refractivity contribution in [2.75, 3.05) is 7.05 Å². The van der Waals surface area contributed by atoms with Crippen LogP contribution in [0.2, 0.25) is 0 Å². The van der Waals surface area contributed by atoms with E-state index in [1.807, 2.05) is 0 Å². The Kier molecular flexibility index (Phi) is 7.57. The molecule has 61 heavy (non-hydrogen) atoms. The third-order valence-electron chi connectivity index (χ3n) is 13.4. The maximum atomic E-state index is 4.02. The minimum Gasteiger partial charge on any atom is -0.309 e. The first-order valence-electron chi connectivity index (χ1n) is 21.3. The Morgan fingerprint density at radius 1 is 0.361 bits per heavy atom. The molecule has 2 aliphatic heterocycles. The highest BCUT2D eigenvalue weighted by atomic mass is 15.4. The van der Waals surface area contributed by atoms with Gasteiger partial charge in [-0.25, -0.2) is 0 Å². The maximum Gasteiger partial charge on any atom is 0.0893 e. The van der Waals surface area contributed by atoms with Gasteiger partial charge in [-0.3, -0.25) is 15.5 Å². The van der Waals surface area contributed by atoms with E-state index in [0.29, 0.717) is 0 Å². The summed E-state index contributed by atoms with van der Waals surface area (Å²) in [4.78, 5) is 2.43. The van der Waals surface area contributed by atoms with Crippen molar-refractivity contribution < 1.29 is 0 Å². The second kappa shape index (κ2) is 13.4. The molecule has 5 nitrogen and oxygen atoms in total. The van der Waals surface area contributed by atoms with E-state index in [1.54, 1.807) is 0 Å². The van der Waals surface area contributed by atoms with E-state index in [2.05, 4.69) is 232 Å². The first-order valence-corrected chi connectivity index (χ1v) is 21.3. The zero-order chi connectivity index (χ0) is 40.2. The van der Waals surface area contributed by atoms with Crippen molar-refractivity contribution in [1.29, 1.82) is 0 Å². The standard InChI is InChI=1S/C56H41N5/c1-59-55(36-19-6-3-7-20-36)57-54(35-17-4-2-5-18-35)58-56(59)44-31-32-51(38-22-9-8-21-37(38)44)60-48-28-13-12-25-41(48)47-33-45-43-27-16-26-42-39-23-10-14-29-49(39)61(53(42)43)50-30-15-11-24-40(50)46(45)34-52(47)60/h2-34,54-58H,1H3. The molecule has 0 amide bonds. The Morgan fingerprint density at radius 3 is 1.72 bits per heavy atom. The molecule has 1 saturated heterocycles. The highest BCUT2D eigenvalue weighted by Gasteiger charge is 2.36. The molecular weight excluding hydrogens is 743 g/mol. The van der Waals surface area contributed by atoms with Gasteiger partial charge in [0.1, 0.15) is 0 Å². The van der Waals surface area contributed by atoms with Crippen LogP contribution >= 0.6 is 0 Å². The molecule has 5 heteroatoms. The number of nitrogens with zero attached hydrogens (tertiary/aromatic N) is 3. The number of hydrogen-bond acceptors (Lipinski definition) is 3. The molecule has 2 N–H and O–H groups in total. The number of nitrogens with one attached hydrogen (secondary N) is 2. The molecular formula is C56H41N5. The molecule has 9 aromatic carbocycles. The predicted octanol–water partition coefficient (Wildman–Crippen LogP) is 13.2. The summed E-state index contributed by atoms with van der Waals surface area (Å²) in [6, 6.07) is 73.7. The average molecular weight is 784 g/mol. The van der Waals surface area contributed by atoms with Crippen LogP contribution in [0.1, 0.15) is 35.2 Å². The fourth-order valence-corrected chi connectivity index (χ4v) is 10.7. The van der Waals surface area contributed by atoms with Gasteiger partial charge in [-0.15, -0.1) is 0 Å². The summed E-state index contributed by atoms with van der Waals surface area (Å²) in [5.41, 5.74) is 16.0. The lowest BCUT2D eigenvalue weighted by atomic mass is 9.92. The summed E-state index contributed by atoms with van der Waals surface area (Å²) in [5.74, 6) is 0. The van der Waals surface area contributed by atoms with Gasteiger partial charge < -0.3 is 9.13 Å². The van der Waals surface area contributed by atoms with Crippen LogP contribution < -0.4 is 10.6 Å². The number of rotatable bonds is 4. The van der Waals surface area contributed by atoms with Crippen LogP contribution in [0.15, 0.2) is 200 Å². The van der Waals surface area contributed by atoms with Crippen molar-refractivity contribution in [3.8, 4) is 33.6 Å². The summed E-state index contributed by atoms with van der Waals surface area (Å²) in [6.45, 7) is 0. The number of aromatic nitrogens is 2. The van der Waals surface area contributed by atoms with E-state index < -0.39 is 0 Å². The fourth-order valence-electron chi connectivity index (χ4n) is 10.7. The van der Waals surface area contributed by atoms with E-state index in [-0.39, 0.29) is 18.5 Å². The monoisotopic (exact) mass is 783 g/mol. The minimum atomic E-state index is -0.0716. The van der Waals surface area contributed by atoms with Gasteiger partial charge in [0.2, 0.25) is 0 Å². The summed E-state index contributed by atoms with van der Waals surface area (Å²) in [5, 5.41) is 15.4. The highest BCUT2D eigenvalue weighted by molar-refractivity contribution is 6.19. The van der Waals surface area contributed by atoms with Crippen molar-refractivity contribution >= 4 is 54.4 Å². The molecule has 11 aromatic rings. The van der Waals surface area contributed by atoms with Crippen LogP contribution in [0, 0.1) is 0 Å². The average Bonchev–Trinajstić information content (AvgIpc) is 3.80. The maximum absolute atomic E-state index is 4.02. The van der Waals surface area contributed by atoms with Crippen molar-refractivity contribution in [3.05, 3.63) is 217 Å². The second-order valence-corrected chi connectivity index (χ2v) is 16.6. The summed E-state index contributed by atoms with van der Waals surface area (Å²) >= 11 is 0. The molecule has 290 valence electrons. The van der Waals surface area contributed by atoms with Gasteiger partial charge in [0, 0.05) is 38.1 Å². The number of para-hydroxylation sites is 4. The second-order valence-electron chi connectivity index (χ2n) is 16.6. The van der Waals surface area contributed by atoms with E-state index in [0.717, 1.165) is 0 Å². The van der Waals surface area contributed by atoms with Gasteiger partial charge in [-0.05, 0) is 76.6 Å². The normalized spacial score (nSPS) is 17.6. The molecule has 0 bridgehead atoms. The number of hydrogen-bond donors (Lipinski definition) is 2. The van der Waals surface area contributed by atoms with E-state index >= 15 is 0 Å². The van der Waals surface area contributed by atoms with Crippen LogP contribution in [0.4, 0.5) is 0 Å². The molecule has 3 atom stereocenters. The molecule has 0 aliphatic carbocycles. The summed E-state index contributed by atoms with van der Waals surface area (Å²) < 4.78 is 5.01. The van der Waals surface area contributed by atoms with Crippen molar-refractivity contribution in [1.82, 2.24) is 24.7 Å². The molecule has 4 heterocycles. The molecule has 13 rings (SSSR count). The lowest BCUT2D eigenvalue weighted by molar-refractivity contribution is 0.0423. The van der Waals surface area contributed by atoms with E-state index in [4.69, 9.17) is 0 Å². The van der Waals surface area contributed by atoms with Crippen LogP contribution in [0.3, 0.4) is 0 Å². The zero-order valence-electron chi connectivity index (χ0n) is 33.6. The van der Waals surface area contributed by atoms with Crippen LogP contribution in [0.5, 0.6) is 0 Å². The van der Waals surface area contributed by atoms with Gasteiger partial charge in [0.15, 0.2) is 0 Å². The largest absolute Gasteiger partial charge is 0.309 e. The van der Waals surface area contributed by atoms with Gasteiger partial charge in [-0.1, -0.05) is 164 Å². The van der Waals surface area contributed by atoms with Gasteiger partial charge in [0.25, 0.3) is 0 Å². The third-order valence-corrected chi connectivity index (χ3v) is 13.4. The predicted molar refractivity (Wildman–Crippen MR) is 252 cm³/mol. The van der Waals surface area contributed by atoms with Crippen LogP contribution in [-0.2, 0) is 0 Å². The molecule has 0 radical (unpaired) electrons. The molecule has 1 fully saturated rings. The van der Waals surface area contributed by atoms with Gasteiger partial charge >= 0.3 is 0 Å². The first-order chi connectivity index (χ1) is 30.2. The van der Waals surface area contributed by atoms with Gasteiger partial charge in [-0.2, -0.15) is 0 Å². The van der Waals surface area contributed by atoms with Crippen molar-refractivity contribution in [2.24, 2.45) is 0 Å². The van der Waals surface area contributed by atoms with Crippen molar-refractivity contribution in [3.63, 3.8) is 0 Å². The van der Waals surface area contributed by atoms with Gasteiger partial charge in [0.05, 0.1) is 51.9 Å². The lowest BCUT2D eigenvalue weighted by Gasteiger charge is -2.46. The van der Waals surface area contributed by atoms with Crippen molar-refractivity contribution in [2.45, 2.75) is 18.5 Å². The Hall–Kier alpha value is -7.28. The topological polar surface area (TPSA) is 37.2 Å². The van der Waals surface area contributed by atoms with E-state index in [1.165, 1.54) is 105 Å². The first kappa shape index (κ1) is 34.6. The summed E-state index contributed by atoms with van der Waals surface area (Å²) in [7, 11) is 2.22.